The second kappa shape index (κ2) is 9.94. The number of terminal acetylenes is 1. The molecular weight excluding hydrogens is 527 g/mol. The normalized spacial score (nSPS) is 15.0. The number of ether oxygens (including phenoxy) is 2. The smallest absolute Gasteiger partial charge is 0.270 e. The van der Waals surface area contributed by atoms with Gasteiger partial charge in [-0.05, 0) is 82.7 Å². The summed E-state index contributed by atoms with van der Waals surface area (Å²) in [6, 6.07) is 10.9. The van der Waals surface area contributed by atoms with E-state index in [1.165, 1.54) is 18.1 Å². The molecule has 0 spiro atoms. The standard InChI is InChI=1S/C23H19IN2O4S/c1-4-10-30-20-18(24)12-15(13-19(20)29-3)11-17-21(27)25-23(31)26(22(17)28)16-8-6-14(5-2)7-9-16/h1,6-9,11-13H,5,10H2,2-3H3,(H,25,27,31)/b17-11+. The molecule has 1 fully saturated rings. The molecule has 8 heteroatoms. The number of methoxy groups -OCH3 is 1. The van der Waals surface area contributed by atoms with Gasteiger partial charge in [-0.25, -0.2) is 0 Å². The van der Waals surface area contributed by atoms with Gasteiger partial charge in [0.15, 0.2) is 16.6 Å². The van der Waals surface area contributed by atoms with Crippen molar-refractivity contribution >= 4 is 63.5 Å². The number of rotatable bonds is 6. The number of nitrogens with one attached hydrogen (secondary N) is 1. The number of thiocarbonyl (C=S) groups is 1. The number of carbonyl (C=O) groups excluding carboxylic acids is 2. The van der Waals surface area contributed by atoms with E-state index in [0.717, 1.165) is 15.6 Å². The van der Waals surface area contributed by atoms with Gasteiger partial charge in [-0.15, -0.1) is 6.42 Å². The molecule has 0 unspecified atom stereocenters. The zero-order valence-electron chi connectivity index (χ0n) is 16.9. The monoisotopic (exact) mass is 546 g/mol. The molecule has 2 aromatic carbocycles. The molecule has 1 N–H and O–H groups in total. The quantitative estimate of drug-likeness (QED) is 0.197. The fourth-order valence-corrected chi connectivity index (χ4v) is 4.08. The number of hydrogen-bond acceptors (Lipinski definition) is 5. The van der Waals surface area contributed by atoms with Gasteiger partial charge in [-0.1, -0.05) is 25.0 Å². The SMILES string of the molecule is C#CCOc1c(I)cc(/C=C2\C(=O)NC(=S)N(c3ccc(CC)cc3)C2=O)cc1OC. The van der Waals surface area contributed by atoms with Crippen molar-refractivity contribution < 1.29 is 19.1 Å². The highest BCUT2D eigenvalue weighted by Gasteiger charge is 2.34. The Morgan fingerprint density at radius 3 is 2.58 bits per heavy atom. The summed E-state index contributed by atoms with van der Waals surface area (Å²) in [5.74, 6) is 2.30. The van der Waals surface area contributed by atoms with E-state index in [2.05, 4.69) is 33.8 Å². The fraction of sp³-hybridized carbons (Fsp3) is 0.174. The van der Waals surface area contributed by atoms with Gasteiger partial charge in [0, 0.05) is 0 Å². The van der Waals surface area contributed by atoms with Gasteiger partial charge >= 0.3 is 0 Å². The zero-order valence-corrected chi connectivity index (χ0v) is 19.9. The van der Waals surface area contributed by atoms with Crippen molar-refractivity contribution in [3.63, 3.8) is 0 Å². The number of halogens is 1. The van der Waals surface area contributed by atoms with Crippen LogP contribution in [-0.4, -0.2) is 30.6 Å². The summed E-state index contributed by atoms with van der Waals surface area (Å²) in [4.78, 5) is 27.0. The van der Waals surface area contributed by atoms with Gasteiger partial charge in [-0.3, -0.25) is 19.8 Å². The van der Waals surface area contributed by atoms with Crippen LogP contribution in [0.5, 0.6) is 11.5 Å². The first-order valence-electron chi connectivity index (χ1n) is 9.33. The summed E-state index contributed by atoms with van der Waals surface area (Å²) in [5, 5.41) is 2.63. The van der Waals surface area contributed by atoms with Crippen LogP contribution in [0.15, 0.2) is 42.0 Å². The number of benzene rings is 2. The van der Waals surface area contributed by atoms with Gasteiger partial charge < -0.3 is 9.47 Å². The molecule has 6 nitrogen and oxygen atoms in total. The molecule has 2 aromatic rings. The molecule has 0 atom stereocenters. The number of hydrogen-bond donors (Lipinski definition) is 1. The van der Waals surface area contributed by atoms with Gasteiger partial charge in [0.05, 0.1) is 16.4 Å². The van der Waals surface area contributed by atoms with Gasteiger partial charge in [-0.2, -0.15) is 0 Å². The average Bonchev–Trinajstić information content (AvgIpc) is 2.76. The van der Waals surface area contributed by atoms with Crippen molar-refractivity contribution in [3.8, 4) is 23.8 Å². The summed E-state index contributed by atoms with van der Waals surface area (Å²) in [6.45, 7) is 2.14. The van der Waals surface area contributed by atoms with Crippen molar-refractivity contribution in [3.05, 3.63) is 56.7 Å². The lowest BCUT2D eigenvalue weighted by Gasteiger charge is -2.29. The van der Waals surface area contributed by atoms with E-state index < -0.39 is 11.8 Å². The van der Waals surface area contributed by atoms with E-state index in [4.69, 9.17) is 28.1 Å². The molecule has 1 aliphatic rings. The van der Waals surface area contributed by atoms with Crippen molar-refractivity contribution in [2.75, 3.05) is 18.6 Å². The summed E-state index contributed by atoms with van der Waals surface area (Å²) in [5.41, 5.74) is 2.28. The van der Waals surface area contributed by atoms with Crippen LogP contribution in [0.2, 0.25) is 0 Å². The van der Waals surface area contributed by atoms with Gasteiger partial charge in [0.25, 0.3) is 11.8 Å². The summed E-state index contributed by atoms with van der Waals surface area (Å²) < 4.78 is 11.7. The highest BCUT2D eigenvalue weighted by Crippen LogP contribution is 2.35. The van der Waals surface area contributed by atoms with E-state index in [9.17, 15) is 9.59 Å². The predicted octanol–water partition coefficient (Wildman–Crippen LogP) is 3.71. The van der Waals surface area contributed by atoms with E-state index in [0.29, 0.717) is 22.7 Å². The van der Waals surface area contributed by atoms with Crippen molar-refractivity contribution in [1.82, 2.24) is 5.32 Å². The molecular formula is C23H19IN2O4S. The van der Waals surface area contributed by atoms with E-state index >= 15 is 0 Å². The summed E-state index contributed by atoms with van der Waals surface area (Å²) >= 11 is 7.34. The molecule has 0 aromatic heterocycles. The molecule has 31 heavy (non-hydrogen) atoms. The molecule has 1 heterocycles. The van der Waals surface area contributed by atoms with Crippen LogP contribution in [0.4, 0.5) is 5.69 Å². The van der Waals surface area contributed by atoms with E-state index in [1.54, 1.807) is 12.1 Å². The van der Waals surface area contributed by atoms with E-state index in [1.807, 2.05) is 31.2 Å². The van der Waals surface area contributed by atoms with Crippen LogP contribution in [0.3, 0.4) is 0 Å². The summed E-state index contributed by atoms with van der Waals surface area (Å²) in [7, 11) is 1.50. The topological polar surface area (TPSA) is 67.9 Å². The Hall–Kier alpha value is -2.90. The number of nitrogens with zero attached hydrogens (tertiary/aromatic N) is 1. The third kappa shape index (κ3) is 4.89. The third-order valence-electron chi connectivity index (χ3n) is 4.57. The maximum atomic E-state index is 13.2. The molecule has 2 amide bonds. The number of amides is 2. The molecule has 0 saturated carbocycles. The molecule has 0 radical (unpaired) electrons. The number of aryl methyl sites for hydroxylation is 1. The van der Waals surface area contributed by atoms with Gasteiger partial charge in [0.2, 0.25) is 0 Å². The largest absolute Gasteiger partial charge is 0.493 e. The van der Waals surface area contributed by atoms with Crippen molar-refractivity contribution in [1.29, 1.82) is 0 Å². The Kier molecular flexibility index (Phi) is 7.30. The minimum atomic E-state index is -0.557. The Morgan fingerprint density at radius 2 is 1.97 bits per heavy atom. The Morgan fingerprint density at radius 1 is 1.26 bits per heavy atom. The second-order valence-corrected chi connectivity index (χ2v) is 8.05. The maximum Gasteiger partial charge on any atom is 0.270 e. The Balaban J connectivity index is 1.99. The maximum absolute atomic E-state index is 13.2. The van der Waals surface area contributed by atoms with E-state index in [-0.39, 0.29) is 17.3 Å². The molecule has 0 bridgehead atoms. The third-order valence-corrected chi connectivity index (χ3v) is 5.65. The molecule has 3 rings (SSSR count). The molecule has 1 aliphatic heterocycles. The van der Waals surface area contributed by atoms with Crippen molar-refractivity contribution in [2.24, 2.45) is 0 Å². The lowest BCUT2D eigenvalue weighted by molar-refractivity contribution is -0.122. The highest BCUT2D eigenvalue weighted by atomic mass is 127. The average molecular weight is 546 g/mol. The lowest BCUT2D eigenvalue weighted by Crippen LogP contribution is -2.54. The predicted molar refractivity (Wildman–Crippen MR) is 132 cm³/mol. The first-order chi connectivity index (χ1) is 14.9. The summed E-state index contributed by atoms with van der Waals surface area (Å²) in [6.07, 6.45) is 7.65. The van der Waals surface area contributed by atoms with Crippen LogP contribution in [0.1, 0.15) is 18.1 Å². The fourth-order valence-electron chi connectivity index (χ4n) is 3.02. The second-order valence-electron chi connectivity index (χ2n) is 6.50. The molecule has 1 saturated heterocycles. The lowest BCUT2D eigenvalue weighted by atomic mass is 10.1. The number of anilines is 1. The molecule has 0 aliphatic carbocycles. The van der Waals surface area contributed by atoms with Crippen LogP contribution < -0.4 is 19.7 Å². The number of carbonyl (C=O) groups is 2. The minimum Gasteiger partial charge on any atom is -0.493 e. The van der Waals surface area contributed by atoms with Gasteiger partial charge in [0.1, 0.15) is 12.2 Å². The zero-order chi connectivity index (χ0) is 22.5. The van der Waals surface area contributed by atoms with Crippen LogP contribution in [0, 0.1) is 15.9 Å². The van der Waals surface area contributed by atoms with Crippen LogP contribution >= 0.6 is 34.8 Å². The highest BCUT2D eigenvalue weighted by molar-refractivity contribution is 14.1. The first kappa shape index (κ1) is 22.8. The van der Waals surface area contributed by atoms with Crippen LogP contribution in [-0.2, 0) is 16.0 Å². The first-order valence-corrected chi connectivity index (χ1v) is 10.8. The van der Waals surface area contributed by atoms with Crippen LogP contribution in [0.25, 0.3) is 6.08 Å². The van der Waals surface area contributed by atoms with Crippen molar-refractivity contribution in [2.45, 2.75) is 13.3 Å². The molecule has 158 valence electrons. The Labute approximate surface area is 199 Å². The Bertz CT molecular complexity index is 1120. The minimum absolute atomic E-state index is 0.0386.